The summed E-state index contributed by atoms with van der Waals surface area (Å²) in [6, 6.07) is 4.04. The van der Waals surface area contributed by atoms with Gasteiger partial charge < -0.3 is 5.32 Å². The normalized spacial score (nSPS) is 16.7. The van der Waals surface area contributed by atoms with Gasteiger partial charge in [0, 0.05) is 7.05 Å². The number of amides is 1. The van der Waals surface area contributed by atoms with E-state index >= 15 is 0 Å². The smallest absolute Gasteiger partial charge is 0.262 e. The number of hydrogen-bond acceptors (Lipinski definition) is 6. The van der Waals surface area contributed by atoms with Gasteiger partial charge in [0.05, 0.1) is 17.2 Å². The summed E-state index contributed by atoms with van der Waals surface area (Å²) in [5, 5.41) is 15.3. The molecule has 1 amide bonds. The summed E-state index contributed by atoms with van der Waals surface area (Å²) in [6.07, 6.45) is 4.45. The Morgan fingerprint density at radius 2 is 2.25 bits per heavy atom. The number of nitriles is 1. The van der Waals surface area contributed by atoms with Crippen molar-refractivity contribution in [1.82, 2.24) is 14.9 Å². The van der Waals surface area contributed by atoms with E-state index in [1.807, 2.05) is 5.38 Å². The Morgan fingerprint density at radius 3 is 2.96 bits per heavy atom. The maximum Gasteiger partial charge on any atom is 0.262 e. The Labute approximate surface area is 147 Å². The molecule has 1 N–H and O–H groups in total. The van der Waals surface area contributed by atoms with Crippen LogP contribution in [0.5, 0.6) is 0 Å². The number of nitrogens with zero attached hydrogens (tertiary/aromatic N) is 3. The Kier molecular flexibility index (Phi) is 4.92. The lowest BCUT2D eigenvalue weighted by Crippen LogP contribution is -2.49. The number of fused-ring (bicyclic) bond motifs is 1. The maximum atomic E-state index is 12.3. The first-order chi connectivity index (χ1) is 11.5. The zero-order chi connectivity index (χ0) is 17.2. The average molecular weight is 362 g/mol. The van der Waals surface area contributed by atoms with E-state index < -0.39 is 5.54 Å². The molecular weight excluding hydrogens is 344 g/mol. The van der Waals surface area contributed by atoms with Gasteiger partial charge in [-0.3, -0.25) is 14.2 Å². The van der Waals surface area contributed by atoms with E-state index in [9.17, 15) is 14.9 Å². The molecule has 2 aromatic heterocycles. The van der Waals surface area contributed by atoms with E-state index in [1.54, 1.807) is 13.1 Å². The maximum absolute atomic E-state index is 12.3. The quantitative estimate of drug-likeness (QED) is 0.667. The molecule has 0 bridgehead atoms. The minimum absolute atomic E-state index is 0.107. The molecule has 0 radical (unpaired) electrons. The molecule has 24 heavy (non-hydrogen) atoms. The van der Waals surface area contributed by atoms with E-state index in [4.69, 9.17) is 0 Å². The van der Waals surface area contributed by atoms with Crippen molar-refractivity contribution in [3.05, 3.63) is 21.8 Å². The number of carbonyl (C=O) groups is 1. The first-order valence-corrected chi connectivity index (χ1v) is 9.70. The van der Waals surface area contributed by atoms with E-state index in [0.29, 0.717) is 28.2 Å². The molecule has 1 aliphatic carbocycles. The molecule has 1 saturated carbocycles. The highest BCUT2D eigenvalue weighted by Gasteiger charge is 2.33. The topological polar surface area (TPSA) is 87.8 Å². The van der Waals surface area contributed by atoms with E-state index in [2.05, 4.69) is 16.4 Å². The predicted molar refractivity (Wildman–Crippen MR) is 95.2 cm³/mol. The fraction of sp³-hybridized carbons (Fsp3) is 0.500. The van der Waals surface area contributed by atoms with Crippen LogP contribution in [0.4, 0.5) is 0 Å². The van der Waals surface area contributed by atoms with Gasteiger partial charge in [-0.05, 0) is 24.3 Å². The molecule has 1 aliphatic rings. The fourth-order valence-electron chi connectivity index (χ4n) is 2.96. The first-order valence-electron chi connectivity index (χ1n) is 7.84. The molecule has 126 valence electrons. The van der Waals surface area contributed by atoms with Crippen molar-refractivity contribution in [2.75, 3.05) is 5.75 Å². The average Bonchev–Trinajstić information content (AvgIpc) is 3.06. The van der Waals surface area contributed by atoms with Crippen LogP contribution in [0.3, 0.4) is 0 Å². The number of thiophene rings is 1. The van der Waals surface area contributed by atoms with Crippen LogP contribution in [0.1, 0.15) is 32.1 Å². The number of nitrogens with one attached hydrogen (secondary N) is 1. The van der Waals surface area contributed by atoms with Crippen molar-refractivity contribution in [1.29, 1.82) is 5.26 Å². The van der Waals surface area contributed by atoms with Gasteiger partial charge in [-0.2, -0.15) is 5.26 Å². The molecule has 0 aromatic carbocycles. The molecule has 0 spiro atoms. The summed E-state index contributed by atoms with van der Waals surface area (Å²) in [5.41, 5.74) is -0.836. The van der Waals surface area contributed by atoms with Crippen LogP contribution in [-0.4, -0.2) is 26.8 Å². The zero-order valence-electron chi connectivity index (χ0n) is 13.4. The van der Waals surface area contributed by atoms with Gasteiger partial charge in [-0.1, -0.05) is 31.0 Å². The van der Waals surface area contributed by atoms with Crippen LogP contribution in [0.25, 0.3) is 10.2 Å². The van der Waals surface area contributed by atoms with Gasteiger partial charge >= 0.3 is 0 Å². The second-order valence-corrected chi connectivity index (χ2v) is 7.83. The minimum atomic E-state index is -0.729. The minimum Gasteiger partial charge on any atom is -0.337 e. The third kappa shape index (κ3) is 3.32. The molecule has 2 aromatic rings. The standard InChI is InChI=1S/C16H18N4O2S2/c1-20-14(22)11-5-8-23-13(11)18-15(20)24-9-12(21)19-16(10-17)6-3-2-4-7-16/h5,8H,2-4,6-7,9H2,1H3,(H,19,21). The summed E-state index contributed by atoms with van der Waals surface area (Å²) >= 11 is 2.63. The lowest BCUT2D eigenvalue weighted by Gasteiger charge is -2.31. The highest BCUT2D eigenvalue weighted by atomic mass is 32.2. The molecule has 0 atom stereocenters. The van der Waals surface area contributed by atoms with Crippen molar-refractivity contribution in [2.24, 2.45) is 7.05 Å². The third-order valence-corrected chi connectivity index (χ3v) is 6.13. The van der Waals surface area contributed by atoms with Crippen molar-refractivity contribution in [2.45, 2.75) is 42.8 Å². The Hall–Kier alpha value is -1.85. The van der Waals surface area contributed by atoms with Gasteiger partial charge in [0.25, 0.3) is 5.56 Å². The number of thioether (sulfide) groups is 1. The molecule has 2 heterocycles. The van der Waals surface area contributed by atoms with E-state index in [-0.39, 0.29) is 17.2 Å². The summed E-state index contributed by atoms with van der Waals surface area (Å²) in [7, 11) is 1.66. The Morgan fingerprint density at radius 1 is 1.50 bits per heavy atom. The highest BCUT2D eigenvalue weighted by molar-refractivity contribution is 7.99. The van der Waals surface area contributed by atoms with Crippen molar-refractivity contribution >= 4 is 39.2 Å². The lowest BCUT2D eigenvalue weighted by molar-refractivity contribution is -0.120. The van der Waals surface area contributed by atoms with Crippen molar-refractivity contribution in [3.8, 4) is 6.07 Å². The van der Waals surface area contributed by atoms with Crippen LogP contribution in [0.15, 0.2) is 21.4 Å². The summed E-state index contributed by atoms with van der Waals surface area (Å²) in [4.78, 5) is 29.6. The number of aromatic nitrogens is 2. The van der Waals surface area contributed by atoms with Crippen LogP contribution >= 0.6 is 23.1 Å². The van der Waals surface area contributed by atoms with E-state index in [1.165, 1.54) is 27.7 Å². The summed E-state index contributed by atoms with van der Waals surface area (Å²) in [6.45, 7) is 0. The molecule has 6 nitrogen and oxygen atoms in total. The van der Waals surface area contributed by atoms with Crippen molar-refractivity contribution in [3.63, 3.8) is 0 Å². The van der Waals surface area contributed by atoms with Gasteiger partial charge in [-0.25, -0.2) is 4.98 Å². The zero-order valence-corrected chi connectivity index (χ0v) is 15.0. The molecule has 3 rings (SSSR count). The second kappa shape index (κ2) is 6.95. The molecule has 0 aliphatic heterocycles. The molecule has 0 saturated heterocycles. The van der Waals surface area contributed by atoms with Crippen LogP contribution in [0, 0.1) is 11.3 Å². The summed E-state index contributed by atoms with van der Waals surface area (Å²) < 4.78 is 1.47. The third-order valence-electron chi connectivity index (χ3n) is 4.30. The molecule has 1 fully saturated rings. The van der Waals surface area contributed by atoms with Gasteiger partial charge in [-0.15, -0.1) is 11.3 Å². The Balaban J connectivity index is 1.69. The van der Waals surface area contributed by atoms with Gasteiger partial charge in [0.2, 0.25) is 5.91 Å². The predicted octanol–water partition coefficient (Wildman–Crippen LogP) is 2.43. The molecule has 8 heteroatoms. The van der Waals surface area contributed by atoms with Crippen LogP contribution in [0.2, 0.25) is 0 Å². The highest BCUT2D eigenvalue weighted by Crippen LogP contribution is 2.28. The van der Waals surface area contributed by atoms with E-state index in [0.717, 1.165) is 19.3 Å². The number of hydrogen-bond donors (Lipinski definition) is 1. The van der Waals surface area contributed by atoms with Gasteiger partial charge in [0.15, 0.2) is 5.16 Å². The number of rotatable bonds is 4. The monoisotopic (exact) mass is 362 g/mol. The van der Waals surface area contributed by atoms with Crippen molar-refractivity contribution < 1.29 is 4.79 Å². The molecular formula is C16H18N4O2S2. The lowest BCUT2D eigenvalue weighted by atomic mass is 9.83. The fourth-order valence-corrected chi connectivity index (χ4v) is 4.54. The largest absolute Gasteiger partial charge is 0.337 e. The van der Waals surface area contributed by atoms with Gasteiger partial charge in [0.1, 0.15) is 10.4 Å². The summed E-state index contributed by atoms with van der Waals surface area (Å²) in [5.74, 6) is -0.0513. The van der Waals surface area contributed by atoms with Crippen LogP contribution < -0.4 is 10.9 Å². The van der Waals surface area contributed by atoms with Crippen LogP contribution in [-0.2, 0) is 11.8 Å². The first kappa shape index (κ1) is 17.0. The SMILES string of the molecule is Cn1c(SCC(=O)NC2(C#N)CCCCC2)nc2sccc2c1=O. The second-order valence-electron chi connectivity index (χ2n) is 5.99. The Bertz CT molecular complexity index is 859. The molecule has 0 unspecified atom stereocenters. The number of carbonyl (C=O) groups excluding carboxylic acids is 1.